The second-order valence-corrected chi connectivity index (χ2v) is 6.21. The molecule has 3 rings (SSSR count). The van der Waals surface area contributed by atoms with Crippen molar-refractivity contribution in [1.82, 2.24) is 4.90 Å². The van der Waals surface area contributed by atoms with E-state index in [2.05, 4.69) is 55.4 Å². The van der Waals surface area contributed by atoms with Gasteiger partial charge in [-0.15, -0.1) is 0 Å². The van der Waals surface area contributed by atoms with E-state index in [4.69, 9.17) is 9.73 Å². The summed E-state index contributed by atoms with van der Waals surface area (Å²) in [4.78, 5) is 7.12. The van der Waals surface area contributed by atoms with Crippen molar-refractivity contribution in [3.63, 3.8) is 0 Å². The van der Waals surface area contributed by atoms with Crippen LogP contribution < -0.4 is 4.74 Å². The Balaban J connectivity index is 2.07. The molecule has 1 aliphatic rings. The zero-order valence-electron chi connectivity index (χ0n) is 14.2. The van der Waals surface area contributed by atoms with Gasteiger partial charge in [-0.2, -0.15) is 0 Å². The van der Waals surface area contributed by atoms with Gasteiger partial charge in [-0.3, -0.25) is 4.99 Å². The lowest BCUT2D eigenvalue weighted by Crippen LogP contribution is -2.17. The van der Waals surface area contributed by atoms with E-state index in [0.717, 1.165) is 37.4 Å². The number of benzene rings is 2. The summed E-state index contributed by atoms with van der Waals surface area (Å²) in [6.07, 6.45) is 2.07. The first kappa shape index (κ1) is 15.8. The average Bonchev–Trinajstić information content (AvgIpc) is 2.71. The van der Waals surface area contributed by atoms with Crippen molar-refractivity contribution in [3.05, 3.63) is 64.7 Å². The minimum atomic E-state index is 0.808. The van der Waals surface area contributed by atoms with E-state index in [1.807, 2.05) is 6.07 Å². The smallest absolute Gasteiger partial charge is 0.119 e. The van der Waals surface area contributed by atoms with E-state index in [0.29, 0.717) is 0 Å². The van der Waals surface area contributed by atoms with Gasteiger partial charge in [-0.25, -0.2) is 0 Å². The van der Waals surface area contributed by atoms with E-state index in [9.17, 15) is 0 Å². The Morgan fingerprint density at radius 2 is 1.74 bits per heavy atom. The quantitative estimate of drug-likeness (QED) is 0.866. The second-order valence-electron chi connectivity index (χ2n) is 6.21. The average molecular weight is 308 g/mol. The van der Waals surface area contributed by atoms with Crippen LogP contribution in [0.4, 0.5) is 0 Å². The molecule has 3 nitrogen and oxygen atoms in total. The Kier molecular flexibility index (Phi) is 4.77. The Labute approximate surface area is 138 Å². The minimum absolute atomic E-state index is 0.808. The predicted molar refractivity (Wildman–Crippen MR) is 95.9 cm³/mol. The Hall–Kier alpha value is -2.13. The van der Waals surface area contributed by atoms with Gasteiger partial charge in [0.15, 0.2) is 0 Å². The van der Waals surface area contributed by atoms with Crippen molar-refractivity contribution in [2.24, 2.45) is 4.99 Å². The summed E-state index contributed by atoms with van der Waals surface area (Å²) in [5.74, 6) is 0.919. The number of aryl methyl sites for hydroxylation is 2. The summed E-state index contributed by atoms with van der Waals surface area (Å²) in [6.45, 7) is 1.76. The molecule has 0 heterocycles. The molecule has 2 aromatic carbocycles. The lowest BCUT2D eigenvalue weighted by atomic mass is 9.97. The molecule has 0 saturated carbocycles. The van der Waals surface area contributed by atoms with Gasteiger partial charge in [0, 0.05) is 17.7 Å². The topological polar surface area (TPSA) is 24.8 Å². The molecule has 23 heavy (non-hydrogen) atoms. The van der Waals surface area contributed by atoms with Crippen LogP contribution in [0.25, 0.3) is 0 Å². The SMILES string of the molecule is COc1ccc2c(c1)CCc1ccccc1/C2=N/CCN(C)C. The number of ether oxygens (including phenoxy) is 1. The largest absolute Gasteiger partial charge is 0.497 e. The van der Waals surface area contributed by atoms with Gasteiger partial charge in [-0.05, 0) is 56.3 Å². The normalized spacial score (nSPS) is 15.2. The van der Waals surface area contributed by atoms with Crippen LogP contribution in [0.15, 0.2) is 47.5 Å². The molecule has 0 atom stereocenters. The number of fused-ring (bicyclic) bond motifs is 2. The van der Waals surface area contributed by atoms with Crippen molar-refractivity contribution in [3.8, 4) is 5.75 Å². The van der Waals surface area contributed by atoms with Gasteiger partial charge in [-0.1, -0.05) is 24.3 Å². The van der Waals surface area contributed by atoms with Gasteiger partial charge in [0.25, 0.3) is 0 Å². The first-order valence-electron chi connectivity index (χ1n) is 8.14. The van der Waals surface area contributed by atoms with Crippen LogP contribution in [0.2, 0.25) is 0 Å². The van der Waals surface area contributed by atoms with Crippen LogP contribution in [-0.2, 0) is 12.8 Å². The van der Waals surface area contributed by atoms with Gasteiger partial charge >= 0.3 is 0 Å². The maximum atomic E-state index is 5.40. The van der Waals surface area contributed by atoms with Crippen molar-refractivity contribution >= 4 is 5.71 Å². The number of rotatable bonds is 4. The molecule has 0 fully saturated rings. The minimum Gasteiger partial charge on any atom is -0.497 e. The van der Waals surface area contributed by atoms with Crippen molar-refractivity contribution in [1.29, 1.82) is 0 Å². The molecular formula is C20H24N2O. The fourth-order valence-electron chi connectivity index (χ4n) is 3.05. The number of aliphatic imine (C=N–C) groups is 1. The first-order chi connectivity index (χ1) is 11.2. The van der Waals surface area contributed by atoms with Crippen LogP contribution in [0, 0.1) is 0 Å². The third kappa shape index (κ3) is 3.45. The molecule has 0 saturated heterocycles. The van der Waals surface area contributed by atoms with E-state index >= 15 is 0 Å². The zero-order chi connectivity index (χ0) is 16.2. The molecule has 0 N–H and O–H groups in total. The van der Waals surface area contributed by atoms with Crippen molar-refractivity contribution in [2.45, 2.75) is 12.8 Å². The summed E-state index contributed by atoms with van der Waals surface area (Å²) < 4.78 is 5.40. The molecule has 1 aliphatic carbocycles. The molecule has 0 amide bonds. The number of likely N-dealkylation sites (N-methyl/N-ethyl adjacent to an activating group) is 1. The van der Waals surface area contributed by atoms with Gasteiger partial charge in [0.1, 0.15) is 5.75 Å². The van der Waals surface area contributed by atoms with Crippen molar-refractivity contribution < 1.29 is 4.74 Å². The second kappa shape index (κ2) is 6.97. The highest BCUT2D eigenvalue weighted by atomic mass is 16.5. The molecule has 0 aliphatic heterocycles. The summed E-state index contributed by atoms with van der Waals surface area (Å²) >= 11 is 0. The standard InChI is InChI=1S/C20H24N2O/c1-22(2)13-12-21-20-18-7-5-4-6-15(18)8-9-16-14-17(23-3)10-11-19(16)20/h4-7,10-11,14H,8-9,12-13H2,1-3H3/b21-20-. The monoisotopic (exact) mass is 308 g/mol. The molecule has 2 aromatic rings. The van der Waals surface area contributed by atoms with Crippen molar-refractivity contribution in [2.75, 3.05) is 34.3 Å². The highest BCUT2D eigenvalue weighted by Crippen LogP contribution is 2.28. The highest BCUT2D eigenvalue weighted by Gasteiger charge is 2.19. The first-order valence-corrected chi connectivity index (χ1v) is 8.14. The van der Waals surface area contributed by atoms with Crippen LogP contribution in [-0.4, -0.2) is 44.9 Å². The Morgan fingerprint density at radius 1 is 1.00 bits per heavy atom. The van der Waals surface area contributed by atoms with E-state index in [1.54, 1.807) is 7.11 Å². The summed E-state index contributed by atoms with van der Waals surface area (Å²) in [5, 5.41) is 0. The molecule has 3 heteroatoms. The number of hydrogen-bond donors (Lipinski definition) is 0. The lowest BCUT2D eigenvalue weighted by molar-refractivity contribution is 0.414. The number of methoxy groups -OCH3 is 1. The maximum absolute atomic E-state index is 5.40. The fourth-order valence-corrected chi connectivity index (χ4v) is 3.05. The third-order valence-corrected chi connectivity index (χ3v) is 4.32. The van der Waals surface area contributed by atoms with Crippen LogP contribution in [0.5, 0.6) is 5.75 Å². The van der Waals surface area contributed by atoms with Gasteiger partial charge in [0.2, 0.25) is 0 Å². The predicted octanol–water partition coefficient (Wildman–Crippen LogP) is 3.19. The van der Waals surface area contributed by atoms with E-state index in [-0.39, 0.29) is 0 Å². The molecule has 0 unspecified atom stereocenters. The molecule has 0 aromatic heterocycles. The number of hydrogen-bond acceptors (Lipinski definition) is 3. The zero-order valence-corrected chi connectivity index (χ0v) is 14.2. The van der Waals surface area contributed by atoms with E-state index < -0.39 is 0 Å². The van der Waals surface area contributed by atoms with Crippen LogP contribution >= 0.6 is 0 Å². The molecule has 0 spiro atoms. The Bertz CT molecular complexity index is 719. The van der Waals surface area contributed by atoms with Crippen LogP contribution in [0.1, 0.15) is 22.3 Å². The van der Waals surface area contributed by atoms with E-state index in [1.165, 1.54) is 22.3 Å². The molecule has 120 valence electrons. The summed E-state index contributed by atoms with van der Waals surface area (Å²) in [6, 6.07) is 15.0. The molecule has 0 radical (unpaired) electrons. The molecule has 0 bridgehead atoms. The van der Waals surface area contributed by atoms with Gasteiger partial charge in [0.05, 0.1) is 19.4 Å². The summed E-state index contributed by atoms with van der Waals surface area (Å²) in [7, 11) is 5.89. The Morgan fingerprint density at radius 3 is 2.52 bits per heavy atom. The molecular weight excluding hydrogens is 284 g/mol. The highest BCUT2D eigenvalue weighted by molar-refractivity contribution is 6.15. The van der Waals surface area contributed by atoms with Gasteiger partial charge < -0.3 is 9.64 Å². The maximum Gasteiger partial charge on any atom is 0.119 e. The third-order valence-electron chi connectivity index (χ3n) is 4.32. The number of nitrogens with zero attached hydrogens (tertiary/aromatic N) is 2. The van der Waals surface area contributed by atoms with Crippen LogP contribution in [0.3, 0.4) is 0 Å². The fraction of sp³-hybridized carbons (Fsp3) is 0.350. The lowest BCUT2D eigenvalue weighted by Gasteiger charge is -2.13. The summed E-state index contributed by atoms with van der Waals surface area (Å²) in [5.41, 5.74) is 6.35.